The standard InChI is InChI=1S/C21H20F3N7/c22-21(23,24)14-1-2-17-18(8-14)30-20(29-17)16-7-12(9-27-19(16)25)13-10-28-31(11-13)15-3-5-26-6-4-15/h1-2,7-11,15,26H,3-6H2,(H2,25,27)(H,29,30). The average molecular weight is 427 g/mol. The van der Waals surface area contributed by atoms with Crippen LogP contribution in [0.4, 0.5) is 19.0 Å². The first-order chi connectivity index (χ1) is 14.9. The molecule has 0 spiro atoms. The van der Waals surface area contributed by atoms with Gasteiger partial charge in [-0.15, -0.1) is 0 Å². The highest BCUT2D eigenvalue weighted by molar-refractivity contribution is 5.83. The number of piperidine rings is 1. The zero-order chi connectivity index (χ0) is 21.6. The van der Waals surface area contributed by atoms with Crippen molar-refractivity contribution in [2.75, 3.05) is 18.8 Å². The van der Waals surface area contributed by atoms with E-state index in [9.17, 15) is 13.2 Å². The number of pyridine rings is 1. The largest absolute Gasteiger partial charge is 0.416 e. The molecule has 1 aliphatic rings. The van der Waals surface area contributed by atoms with Crippen LogP contribution < -0.4 is 11.1 Å². The van der Waals surface area contributed by atoms with E-state index >= 15 is 0 Å². The van der Waals surface area contributed by atoms with Crippen LogP contribution in [0.25, 0.3) is 33.5 Å². The Kier molecular flexibility index (Phi) is 4.66. The maximum absolute atomic E-state index is 13.0. The van der Waals surface area contributed by atoms with E-state index in [1.54, 1.807) is 12.4 Å². The minimum Gasteiger partial charge on any atom is -0.383 e. The molecule has 0 aliphatic carbocycles. The summed E-state index contributed by atoms with van der Waals surface area (Å²) in [5.41, 5.74) is 8.26. The van der Waals surface area contributed by atoms with E-state index in [0.29, 0.717) is 22.9 Å². The summed E-state index contributed by atoms with van der Waals surface area (Å²) in [6.07, 6.45) is 3.05. The number of H-pyrrole nitrogens is 1. The lowest BCUT2D eigenvalue weighted by atomic mass is 10.1. The maximum Gasteiger partial charge on any atom is 0.416 e. The molecule has 0 atom stereocenters. The SMILES string of the molecule is Nc1ncc(-c2cnn(C3CCNCC3)c2)cc1-c1nc2ccc(C(F)(F)F)cc2[nH]1. The van der Waals surface area contributed by atoms with Crippen LogP contribution in [-0.4, -0.2) is 37.8 Å². The van der Waals surface area contributed by atoms with E-state index in [2.05, 4.69) is 25.4 Å². The normalized spacial score (nSPS) is 15.6. The van der Waals surface area contributed by atoms with Gasteiger partial charge in [0, 0.05) is 23.5 Å². The third-order valence-electron chi connectivity index (χ3n) is 5.60. The number of aromatic amines is 1. The number of nitrogens with two attached hydrogens (primary N) is 1. The Hall–Kier alpha value is -3.40. The van der Waals surface area contributed by atoms with Gasteiger partial charge in [-0.1, -0.05) is 0 Å². The van der Waals surface area contributed by atoms with Gasteiger partial charge in [-0.25, -0.2) is 9.97 Å². The number of benzene rings is 1. The lowest BCUT2D eigenvalue weighted by Gasteiger charge is -2.22. The number of halogens is 3. The molecule has 0 radical (unpaired) electrons. The van der Waals surface area contributed by atoms with Crippen molar-refractivity contribution in [2.45, 2.75) is 25.1 Å². The zero-order valence-corrected chi connectivity index (χ0v) is 16.4. The minimum absolute atomic E-state index is 0.240. The molecular formula is C21H20F3N7. The molecule has 1 aromatic carbocycles. The first-order valence-corrected chi connectivity index (χ1v) is 9.96. The first-order valence-electron chi connectivity index (χ1n) is 9.96. The number of imidazole rings is 1. The second-order valence-electron chi connectivity index (χ2n) is 7.66. The first kappa shape index (κ1) is 19.6. The Morgan fingerprint density at radius 2 is 1.87 bits per heavy atom. The summed E-state index contributed by atoms with van der Waals surface area (Å²) >= 11 is 0. The number of anilines is 1. The Morgan fingerprint density at radius 3 is 2.65 bits per heavy atom. The fraction of sp³-hybridized carbons (Fsp3) is 0.286. The third-order valence-corrected chi connectivity index (χ3v) is 5.60. The van der Waals surface area contributed by atoms with E-state index in [0.717, 1.165) is 49.2 Å². The molecule has 4 N–H and O–H groups in total. The molecule has 5 rings (SSSR count). The summed E-state index contributed by atoms with van der Waals surface area (Å²) < 4.78 is 41.0. The minimum atomic E-state index is -4.42. The molecule has 0 bridgehead atoms. The summed E-state index contributed by atoms with van der Waals surface area (Å²) in [5.74, 6) is 0.608. The number of aromatic nitrogens is 5. The summed E-state index contributed by atoms with van der Waals surface area (Å²) in [4.78, 5) is 11.6. The fourth-order valence-electron chi connectivity index (χ4n) is 3.89. The quantitative estimate of drug-likeness (QED) is 0.459. The van der Waals surface area contributed by atoms with Gasteiger partial charge >= 0.3 is 6.18 Å². The number of alkyl halides is 3. The van der Waals surface area contributed by atoms with Gasteiger partial charge in [-0.05, 0) is 50.2 Å². The van der Waals surface area contributed by atoms with Crippen molar-refractivity contribution in [1.29, 1.82) is 0 Å². The number of nitrogen functional groups attached to an aromatic ring is 1. The number of nitrogens with zero attached hydrogens (tertiary/aromatic N) is 4. The smallest absolute Gasteiger partial charge is 0.383 e. The summed E-state index contributed by atoms with van der Waals surface area (Å²) in [5, 5.41) is 7.85. The van der Waals surface area contributed by atoms with Crippen LogP contribution in [0.1, 0.15) is 24.4 Å². The highest BCUT2D eigenvalue weighted by atomic mass is 19.4. The second-order valence-corrected chi connectivity index (χ2v) is 7.66. The van der Waals surface area contributed by atoms with Crippen LogP contribution >= 0.6 is 0 Å². The number of fused-ring (bicyclic) bond motifs is 1. The molecule has 4 aromatic rings. The summed E-state index contributed by atoms with van der Waals surface area (Å²) in [7, 11) is 0. The average Bonchev–Trinajstić information content (AvgIpc) is 3.41. The van der Waals surface area contributed by atoms with Gasteiger partial charge in [0.25, 0.3) is 0 Å². The molecular weight excluding hydrogens is 407 g/mol. The Labute approximate surface area is 175 Å². The van der Waals surface area contributed by atoms with E-state index in [4.69, 9.17) is 5.73 Å². The van der Waals surface area contributed by atoms with E-state index in [1.807, 2.05) is 16.9 Å². The van der Waals surface area contributed by atoms with E-state index in [-0.39, 0.29) is 11.3 Å². The lowest BCUT2D eigenvalue weighted by Crippen LogP contribution is -2.29. The molecule has 160 valence electrons. The van der Waals surface area contributed by atoms with Gasteiger partial charge in [0.2, 0.25) is 0 Å². The molecule has 7 nitrogen and oxygen atoms in total. The molecule has 1 fully saturated rings. The van der Waals surface area contributed by atoms with Crippen LogP contribution in [0.2, 0.25) is 0 Å². The molecule has 3 aromatic heterocycles. The van der Waals surface area contributed by atoms with Crippen LogP contribution in [-0.2, 0) is 6.18 Å². The number of rotatable bonds is 3. The van der Waals surface area contributed by atoms with Gasteiger partial charge in [0.1, 0.15) is 11.6 Å². The molecule has 0 amide bonds. The van der Waals surface area contributed by atoms with Crippen LogP contribution in [0.5, 0.6) is 0 Å². The number of nitrogens with one attached hydrogen (secondary N) is 2. The third kappa shape index (κ3) is 3.74. The molecule has 31 heavy (non-hydrogen) atoms. The van der Waals surface area contributed by atoms with E-state index in [1.165, 1.54) is 6.07 Å². The van der Waals surface area contributed by atoms with Crippen molar-refractivity contribution in [2.24, 2.45) is 0 Å². The van der Waals surface area contributed by atoms with Crippen LogP contribution in [0.15, 0.2) is 42.9 Å². The molecule has 0 saturated carbocycles. The van der Waals surface area contributed by atoms with Gasteiger partial charge in [0.05, 0.1) is 34.4 Å². The van der Waals surface area contributed by atoms with Crippen molar-refractivity contribution in [3.05, 3.63) is 48.4 Å². The van der Waals surface area contributed by atoms with Gasteiger partial charge in [-0.3, -0.25) is 4.68 Å². The molecule has 1 saturated heterocycles. The highest BCUT2D eigenvalue weighted by Gasteiger charge is 2.30. The molecule has 10 heteroatoms. The van der Waals surface area contributed by atoms with Crippen LogP contribution in [0.3, 0.4) is 0 Å². The van der Waals surface area contributed by atoms with Crippen molar-refractivity contribution < 1.29 is 13.2 Å². The van der Waals surface area contributed by atoms with Crippen molar-refractivity contribution in [3.63, 3.8) is 0 Å². The molecule has 1 aliphatic heterocycles. The topological polar surface area (TPSA) is 97.4 Å². The number of hydrogen-bond donors (Lipinski definition) is 3. The second kappa shape index (κ2) is 7.38. The monoisotopic (exact) mass is 427 g/mol. The Balaban J connectivity index is 1.50. The predicted molar refractivity (Wildman–Crippen MR) is 111 cm³/mol. The van der Waals surface area contributed by atoms with Crippen LogP contribution in [0, 0.1) is 0 Å². The van der Waals surface area contributed by atoms with Crippen molar-refractivity contribution >= 4 is 16.9 Å². The van der Waals surface area contributed by atoms with Gasteiger partial charge in [-0.2, -0.15) is 18.3 Å². The Bertz CT molecular complexity index is 1240. The lowest BCUT2D eigenvalue weighted by molar-refractivity contribution is -0.137. The maximum atomic E-state index is 13.0. The summed E-state index contributed by atoms with van der Waals surface area (Å²) in [6.45, 7) is 1.94. The van der Waals surface area contributed by atoms with Gasteiger partial charge < -0.3 is 16.0 Å². The fourth-order valence-corrected chi connectivity index (χ4v) is 3.89. The van der Waals surface area contributed by atoms with Crippen molar-refractivity contribution in [3.8, 4) is 22.5 Å². The van der Waals surface area contributed by atoms with E-state index < -0.39 is 11.7 Å². The van der Waals surface area contributed by atoms with Crippen molar-refractivity contribution in [1.82, 2.24) is 30.0 Å². The predicted octanol–water partition coefficient (Wildman–Crippen LogP) is 4.01. The Morgan fingerprint density at radius 1 is 1.06 bits per heavy atom. The molecule has 0 unspecified atom stereocenters. The summed E-state index contributed by atoms with van der Waals surface area (Å²) in [6, 6.07) is 5.58. The highest BCUT2D eigenvalue weighted by Crippen LogP contribution is 2.33. The number of hydrogen-bond acceptors (Lipinski definition) is 5. The van der Waals surface area contributed by atoms with Gasteiger partial charge in [0.15, 0.2) is 0 Å². The zero-order valence-electron chi connectivity index (χ0n) is 16.4. The molecule has 4 heterocycles.